The first kappa shape index (κ1) is 20.0. The number of hydrogen-bond acceptors (Lipinski definition) is 4. The molecule has 1 aliphatic heterocycles. The molecule has 0 spiro atoms. The second-order valence-corrected chi connectivity index (χ2v) is 7.96. The summed E-state index contributed by atoms with van der Waals surface area (Å²) in [6.45, 7) is 0.469. The van der Waals surface area contributed by atoms with Crippen molar-refractivity contribution in [3.8, 4) is 23.1 Å². The number of nitrogens with zero attached hydrogens (tertiary/aromatic N) is 3. The standard InChI is InChI=1S/C26H18ClN3O2/c27-21-7-3-2-6-20(21)18-9-11-23(19(15-18)16-28)30-14-13-24(26(30)31)32-25-12-10-17-5-1-4-8-22(17)29-25/h1-12,15,24H,13-14H2. The smallest absolute Gasteiger partial charge is 0.268 e. The average molecular weight is 440 g/mol. The largest absolute Gasteiger partial charge is 0.464 e. The van der Waals surface area contributed by atoms with Crippen LogP contribution in [0.1, 0.15) is 12.0 Å². The molecule has 5 nitrogen and oxygen atoms in total. The minimum Gasteiger partial charge on any atom is -0.464 e. The quantitative estimate of drug-likeness (QED) is 0.414. The Morgan fingerprint density at radius 2 is 1.84 bits per heavy atom. The van der Waals surface area contributed by atoms with Crippen molar-refractivity contribution >= 4 is 34.1 Å². The van der Waals surface area contributed by atoms with E-state index in [1.54, 1.807) is 23.1 Å². The fourth-order valence-corrected chi connectivity index (χ4v) is 4.23. The molecule has 0 aliphatic carbocycles. The van der Waals surface area contributed by atoms with E-state index in [9.17, 15) is 10.1 Å². The van der Waals surface area contributed by atoms with E-state index >= 15 is 0 Å². The number of rotatable bonds is 4. The van der Waals surface area contributed by atoms with Gasteiger partial charge in [0.25, 0.3) is 5.91 Å². The highest BCUT2D eigenvalue weighted by molar-refractivity contribution is 6.33. The molecule has 1 amide bonds. The van der Waals surface area contributed by atoms with Gasteiger partial charge in [0.1, 0.15) is 6.07 Å². The Bertz CT molecular complexity index is 1380. The molecule has 5 rings (SSSR count). The monoisotopic (exact) mass is 439 g/mol. The lowest BCUT2D eigenvalue weighted by molar-refractivity contribution is -0.123. The number of nitriles is 1. The van der Waals surface area contributed by atoms with Crippen molar-refractivity contribution in [1.29, 1.82) is 5.26 Å². The number of ether oxygens (including phenoxy) is 1. The maximum absolute atomic E-state index is 13.1. The summed E-state index contributed by atoms with van der Waals surface area (Å²) in [6, 6.07) is 26.6. The number of pyridine rings is 1. The van der Waals surface area contributed by atoms with Crippen LogP contribution < -0.4 is 9.64 Å². The van der Waals surface area contributed by atoms with Crippen molar-refractivity contribution in [2.24, 2.45) is 0 Å². The molecule has 1 fully saturated rings. The number of para-hydroxylation sites is 1. The molecule has 0 radical (unpaired) electrons. The minimum atomic E-state index is -0.640. The molecule has 32 heavy (non-hydrogen) atoms. The molecular weight excluding hydrogens is 422 g/mol. The number of fused-ring (bicyclic) bond motifs is 1. The Morgan fingerprint density at radius 1 is 1.03 bits per heavy atom. The lowest BCUT2D eigenvalue weighted by Crippen LogP contribution is -2.32. The zero-order valence-electron chi connectivity index (χ0n) is 17.0. The Morgan fingerprint density at radius 3 is 2.69 bits per heavy atom. The van der Waals surface area contributed by atoms with Gasteiger partial charge < -0.3 is 9.64 Å². The molecule has 0 bridgehead atoms. The van der Waals surface area contributed by atoms with Gasteiger partial charge in [-0.15, -0.1) is 0 Å². The molecule has 1 unspecified atom stereocenters. The summed E-state index contributed by atoms with van der Waals surface area (Å²) in [5.41, 5.74) is 3.48. The first-order valence-electron chi connectivity index (χ1n) is 10.3. The molecule has 2 heterocycles. The maximum Gasteiger partial charge on any atom is 0.268 e. The van der Waals surface area contributed by atoms with Crippen LogP contribution in [0, 0.1) is 11.3 Å². The van der Waals surface area contributed by atoms with Crippen LogP contribution >= 0.6 is 11.6 Å². The molecule has 0 N–H and O–H groups in total. The van der Waals surface area contributed by atoms with Crippen molar-refractivity contribution in [3.05, 3.63) is 89.4 Å². The zero-order chi connectivity index (χ0) is 22.1. The van der Waals surface area contributed by atoms with Gasteiger partial charge in [-0.25, -0.2) is 4.98 Å². The van der Waals surface area contributed by atoms with Gasteiger partial charge in [0, 0.05) is 35.0 Å². The fraction of sp³-hybridized carbons (Fsp3) is 0.115. The molecule has 1 saturated heterocycles. The molecule has 3 aromatic carbocycles. The van der Waals surface area contributed by atoms with Crippen LogP contribution in [0.2, 0.25) is 5.02 Å². The van der Waals surface area contributed by atoms with Gasteiger partial charge in [0.15, 0.2) is 6.10 Å². The van der Waals surface area contributed by atoms with Crippen molar-refractivity contribution < 1.29 is 9.53 Å². The number of amides is 1. The van der Waals surface area contributed by atoms with Gasteiger partial charge in [-0.05, 0) is 35.9 Å². The van der Waals surface area contributed by atoms with Gasteiger partial charge in [0.05, 0.1) is 16.8 Å². The van der Waals surface area contributed by atoms with Crippen molar-refractivity contribution in [1.82, 2.24) is 4.98 Å². The number of benzene rings is 3. The second-order valence-electron chi connectivity index (χ2n) is 7.55. The Kier molecular flexibility index (Phi) is 5.22. The number of carbonyl (C=O) groups excluding carboxylic acids is 1. The third-order valence-corrected chi connectivity index (χ3v) is 5.91. The zero-order valence-corrected chi connectivity index (χ0v) is 17.8. The van der Waals surface area contributed by atoms with E-state index in [2.05, 4.69) is 11.1 Å². The highest BCUT2D eigenvalue weighted by Gasteiger charge is 2.35. The van der Waals surface area contributed by atoms with Crippen LogP contribution in [-0.2, 0) is 4.79 Å². The summed E-state index contributed by atoms with van der Waals surface area (Å²) in [5, 5.41) is 11.4. The van der Waals surface area contributed by atoms with Gasteiger partial charge in [-0.2, -0.15) is 5.26 Å². The van der Waals surface area contributed by atoms with Crippen molar-refractivity contribution in [2.45, 2.75) is 12.5 Å². The highest BCUT2D eigenvalue weighted by atomic mass is 35.5. The summed E-state index contributed by atoms with van der Waals surface area (Å²) in [5.74, 6) is 0.237. The van der Waals surface area contributed by atoms with Gasteiger partial charge in [-0.3, -0.25) is 4.79 Å². The van der Waals surface area contributed by atoms with E-state index in [1.165, 1.54) is 0 Å². The summed E-state index contributed by atoms with van der Waals surface area (Å²) in [4.78, 5) is 19.2. The predicted octanol–water partition coefficient (Wildman–Crippen LogP) is 5.61. The predicted molar refractivity (Wildman–Crippen MR) is 125 cm³/mol. The van der Waals surface area contributed by atoms with Crippen LogP contribution in [-0.4, -0.2) is 23.5 Å². The number of aromatic nitrogens is 1. The SMILES string of the molecule is N#Cc1cc(-c2ccccc2Cl)ccc1N1CCC(Oc2ccc3ccccc3n2)C1=O. The first-order valence-corrected chi connectivity index (χ1v) is 10.6. The van der Waals surface area contributed by atoms with Crippen molar-refractivity contribution in [2.75, 3.05) is 11.4 Å². The van der Waals surface area contributed by atoms with E-state index in [1.807, 2.05) is 60.7 Å². The molecular formula is C26H18ClN3O2. The van der Waals surface area contributed by atoms with E-state index in [-0.39, 0.29) is 5.91 Å². The molecule has 4 aromatic rings. The lowest BCUT2D eigenvalue weighted by atomic mass is 10.0. The van der Waals surface area contributed by atoms with E-state index in [0.29, 0.717) is 35.1 Å². The van der Waals surface area contributed by atoms with E-state index < -0.39 is 6.10 Å². The van der Waals surface area contributed by atoms with Crippen LogP contribution in [0.5, 0.6) is 5.88 Å². The van der Waals surface area contributed by atoms with Gasteiger partial charge >= 0.3 is 0 Å². The number of carbonyl (C=O) groups is 1. The van der Waals surface area contributed by atoms with E-state index in [4.69, 9.17) is 16.3 Å². The second kappa shape index (κ2) is 8.33. The molecule has 6 heteroatoms. The fourth-order valence-electron chi connectivity index (χ4n) is 3.98. The molecule has 0 saturated carbocycles. The van der Waals surface area contributed by atoms with Crippen molar-refractivity contribution in [3.63, 3.8) is 0 Å². The van der Waals surface area contributed by atoms with Crippen LogP contribution in [0.4, 0.5) is 5.69 Å². The summed E-state index contributed by atoms with van der Waals surface area (Å²) in [7, 11) is 0. The molecule has 1 aromatic heterocycles. The van der Waals surface area contributed by atoms with Gasteiger partial charge in [0.2, 0.25) is 5.88 Å². The van der Waals surface area contributed by atoms with Crippen LogP contribution in [0.3, 0.4) is 0 Å². The Hall–Kier alpha value is -3.88. The number of halogens is 1. The first-order chi connectivity index (χ1) is 15.6. The molecule has 156 valence electrons. The average Bonchev–Trinajstić information content (AvgIpc) is 3.18. The van der Waals surface area contributed by atoms with E-state index in [0.717, 1.165) is 22.0 Å². The maximum atomic E-state index is 13.1. The lowest BCUT2D eigenvalue weighted by Gasteiger charge is -2.19. The minimum absolute atomic E-state index is 0.179. The normalized spacial score (nSPS) is 15.7. The topological polar surface area (TPSA) is 66.2 Å². The molecule has 1 atom stereocenters. The van der Waals surface area contributed by atoms with Crippen LogP contribution in [0.25, 0.3) is 22.0 Å². The highest BCUT2D eigenvalue weighted by Crippen LogP contribution is 2.33. The van der Waals surface area contributed by atoms with Gasteiger partial charge in [-0.1, -0.05) is 54.1 Å². The molecule has 1 aliphatic rings. The Balaban J connectivity index is 1.39. The summed E-state index contributed by atoms with van der Waals surface area (Å²) >= 11 is 6.31. The Labute approximate surface area is 190 Å². The summed E-state index contributed by atoms with van der Waals surface area (Å²) in [6.07, 6.45) is -0.122. The third-order valence-electron chi connectivity index (χ3n) is 5.58. The number of hydrogen-bond donors (Lipinski definition) is 0. The van der Waals surface area contributed by atoms with Crippen LogP contribution in [0.15, 0.2) is 78.9 Å². The number of anilines is 1. The summed E-state index contributed by atoms with van der Waals surface area (Å²) < 4.78 is 5.93. The third kappa shape index (κ3) is 3.66.